The molecule has 3 heteroatoms. The van der Waals surface area contributed by atoms with Crippen LogP contribution in [0.4, 0.5) is 0 Å². The highest BCUT2D eigenvalue weighted by Crippen LogP contribution is 2.39. The fraction of sp³-hybridized carbons (Fsp3) is 0.455. The molecule has 2 nitrogen and oxygen atoms in total. The number of benzene rings is 1. The maximum absolute atomic E-state index is 5.96. The lowest BCUT2D eigenvalue weighted by Crippen LogP contribution is -2.40. The van der Waals surface area contributed by atoms with E-state index in [2.05, 4.69) is 40.3 Å². The van der Waals surface area contributed by atoms with Crippen LogP contribution in [0.1, 0.15) is 12.5 Å². The highest BCUT2D eigenvalue weighted by atomic mass is 79.9. The van der Waals surface area contributed by atoms with E-state index in [1.807, 2.05) is 13.1 Å². The number of hydrogen-bond donors (Lipinski definition) is 1. The molecule has 1 heterocycles. The van der Waals surface area contributed by atoms with Crippen LogP contribution >= 0.6 is 15.9 Å². The second-order valence-electron chi connectivity index (χ2n) is 3.99. The molecule has 0 spiro atoms. The molecule has 0 saturated heterocycles. The molecule has 1 aromatic rings. The van der Waals surface area contributed by atoms with E-state index < -0.39 is 0 Å². The van der Waals surface area contributed by atoms with Crippen LogP contribution in [0.25, 0.3) is 0 Å². The highest BCUT2D eigenvalue weighted by Gasteiger charge is 2.34. The fourth-order valence-electron chi connectivity index (χ4n) is 1.96. The summed E-state index contributed by atoms with van der Waals surface area (Å²) >= 11 is 3.50. The first kappa shape index (κ1) is 9.99. The van der Waals surface area contributed by atoms with Gasteiger partial charge in [0, 0.05) is 13.0 Å². The number of hydrogen-bond acceptors (Lipinski definition) is 2. The minimum atomic E-state index is -0.0963. The third-order valence-electron chi connectivity index (χ3n) is 2.51. The van der Waals surface area contributed by atoms with Crippen LogP contribution in [-0.2, 0) is 6.42 Å². The van der Waals surface area contributed by atoms with Crippen molar-refractivity contribution >= 4 is 15.9 Å². The van der Waals surface area contributed by atoms with Gasteiger partial charge in [-0.3, -0.25) is 0 Å². The van der Waals surface area contributed by atoms with Gasteiger partial charge in [-0.1, -0.05) is 12.1 Å². The molecule has 14 heavy (non-hydrogen) atoms. The minimum Gasteiger partial charge on any atom is -0.484 e. The van der Waals surface area contributed by atoms with Gasteiger partial charge >= 0.3 is 0 Å². The number of ether oxygens (including phenoxy) is 1. The first-order chi connectivity index (χ1) is 6.64. The van der Waals surface area contributed by atoms with Crippen molar-refractivity contribution in [3.05, 3.63) is 28.2 Å². The molecule has 2 rings (SSSR count). The number of likely N-dealkylation sites (N-methyl/N-ethyl adjacent to an activating group) is 1. The standard InChI is InChI=1S/C11H14BrNO/c1-11(7-13-2)6-8-4-3-5-9(12)10(8)14-11/h3-5,13H,6-7H2,1-2H3. The predicted molar refractivity (Wildman–Crippen MR) is 60.8 cm³/mol. The van der Waals surface area contributed by atoms with Crippen molar-refractivity contribution in [2.24, 2.45) is 0 Å². The van der Waals surface area contributed by atoms with E-state index in [1.54, 1.807) is 0 Å². The molecule has 0 radical (unpaired) electrons. The van der Waals surface area contributed by atoms with Crippen LogP contribution in [0.15, 0.2) is 22.7 Å². The summed E-state index contributed by atoms with van der Waals surface area (Å²) in [4.78, 5) is 0. The van der Waals surface area contributed by atoms with Crippen molar-refractivity contribution in [3.8, 4) is 5.75 Å². The largest absolute Gasteiger partial charge is 0.484 e. The van der Waals surface area contributed by atoms with Crippen LogP contribution in [0.5, 0.6) is 5.75 Å². The van der Waals surface area contributed by atoms with Gasteiger partial charge in [-0.2, -0.15) is 0 Å². The zero-order valence-electron chi connectivity index (χ0n) is 8.43. The maximum Gasteiger partial charge on any atom is 0.137 e. The third kappa shape index (κ3) is 1.66. The van der Waals surface area contributed by atoms with Crippen LogP contribution in [0, 0.1) is 0 Å². The molecule has 1 aromatic carbocycles. The monoisotopic (exact) mass is 255 g/mol. The Morgan fingerprint density at radius 2 is 2.36 bits per heavy atom. The average Bonchev–Trinajstić information content (AvgIpc) is 2.44. The van der Waals surface area contributed by atoms with Crippen LogP contribution in [0.3, 0.4) is 0 Å². The second kappa shape index (κ2) is 3.55. The van der Waals surface area contributed by atoms with Gasteiger partial charge in [0.1, 0.15) is 11.4 Å². The van der Waals surface area contributed by atoms with E-state index in [0.717, 1.165) is 23.2 Å². The smallest absolute Gasteiger partial charge is 0.137 e. The van der Waals surface area contributed by atoms with Gasteiger partial charge in [0.05, 0.1) is 4.47 Å². The van der Waals surface area contributed by atoms with Crippen molar-refractivity contribution in [2.45, 2.75) is 18.9 Å². The quantitative estimate of drug-likeness (QED) is 0.877. The molecule has 0 saturated carbocycles. The average molecular weight is 256 g/mol. The van der Waals surface area contributed by atoms with Crippen molar-refractivity contribution in [1.82, 2.24) is 5.32 Å². The van der Waals surface area contributed by atoms with E-state index in [-0.39, 0.29) is 5.60 Å². The zero-order valence-corrected chi connectivity index (χ0v) is 10.0. The first-order valence-electron chi connectivity index (χ1n) is 4.76. The van der Waals surface area contributed by atoms with Crippen molar-refractivity contribution in [2.75, 3.05) is 13.6 Å². The lowest BCUT2D eigenvalue weighted by molar-refractivity contribution is 0.116. The molecular formula is C11H14BrNO. The molecule has 1 N–H and O–H groups in total. The molecule has 0 bridgehead atoms. The molecule has 0 amide bonds. The van der Waals surface area contributed by atoms with Crippen LogP contribution in [-0.4, -0.2) is 19.2 Å². The molecule has 76 valence electrons. The second-order valence-corrected chi connectivity index (χ2v) is 4.84. The predicted octanol–water partition coefficient (Wildman–Crippen LogP) is 2.36. The van der Waals surface area contributed by atoms with Gasteiger partial charge in [-0.05, 0) is 41.5 Å². The van der Waals surface area contributed by atoms with Crippen molar-refractivity contribution < 1.29 is 4.74 Å². The van der Waals surface area contributed by atoms with Crippen molar-refractivity contribution in [3.63, 3.8) is 0 Å². The lowest BCUT2D eigenvalue weighted by Gasteiger charge is -2.23. The van der Waals surface area contributed by atoms with E-state index >= 15 is 0 Å². The topological polar surface area (TPSA) is 21.3 Å². The Morgan fingerprint density at radius 1 is 1.57 bits per heavy atom. The summed E-state index contributed by atoms with van der Waals surface area (Å²) in [6, 6.07) is 6.20. The summed E-state index contributed by atoms with van der Waals surface area (Å²) in [6.07, 6.45) is 0.975. The summed E-state index contributed by atoms with van der Waals surface area (Å²) in [5.41, 5.74) is 1.19. The van der Waals surface area contributed by atoms with Gasteiger partial charge < -0.3 is 10.1 Å². The summed E-state index contributed by atoms with van der Waals surface area (Å²) in [5, 5.41) is 3.16. The van der Waals surface area contributed by atoms with E-state index in [9.17, 15) is 0 Å². The van der Waals surface area contributed by atoms with Crippen LogP contribution < -0.4 is 10.1 Å². The van der Waals surface area contributed by atoms with E-state index in [1.165, 1.54) is 5.56 Å². The molecule has 1 aliphatic heterocycles. The summed E-state index contributed by atoms with van der Waals surface area (Å²) < 4.78 is 7.01. The van der Waals surface area contributed by atoms with E-state index in [4.69, 9.17) is 4.74 Å². The van der Waals surface area contributed by atoms with E-state index in [0.29, 0.717) is 0 Å². The number of para-hydroxylation sites is 1. The Hall–Kier alpha value is -0.540. The Morgan fingerprint density at radius 3 is 3.00 bits per heavy atom. The molecule has 1 aliphatic rings. The first-order valence-corrected chi connectivity index (χ1v) is 5.55. The highest BCUT2D eigenvalue weighted by molar-refractivity contribution is 9.10. The fourth-order valence-corrected chi connectivity index (χ4v) is 2.45. The number of halogens is 1. The SMILES string of the molecule is CNCC1(C)Cc2cccc(Br)c2O1. The van der Waals surface area contributed by atoms with Crippen molar-refractivity contribution in [1.29, 1.82) is 0 Å². The molecule has 0 aromatic heterocycles. The van der Waals surface area contributed by atoms with Gasteiger partial charge in [-0.15, -0.1) is 0 Å². The molecule has 1 unspecified atom stereocenters. The third-order valence-corrected chi connectivity index (χ3v) is 3.14. The molecule has 0 fully saturated rings. The van der Waals surface area contributed by atoms with Gasteiger partial charge in [0.15, 0.2) is 0 Å². The summed E-state index contributed by atoms with van der Waals surface area (Å²) in [7, 11) is 1.95. The summed E-state index contributed by atoms with van der Waals surface area (Å²) in [6.45, 7) is 3.00. The van der Waals surface area contributed by atoms with Gasteiger partial charge in [-0.25, -0.2) is 0 Å². The van der Waals surface area contributed by atoms with Crippen LogP contribution in [0.2, 0.25) is 0 Å². The Kier molecular flexibility index (Phi) is 2.54. The molecule has 0 aliphatic carbocycles. The Labute approximate surface area is 92.8 Å². The maximum atomic E-state index is 5.96. The Balaban J connectivity index is 2.29. The molecule has 1 atom stereocenters. The number of rotatable bonds is 2. The van der Waals surface area contributed by atoms with Gasteiger partial charge in [0.25, 0.3) is 0 Å². The lowest BCUT2D eigenvalue weighted by atomic mass is 9.99. The number of fused-ring (bicyclic) bond motifs is 1. The molecular weight excluding hydrogens is 242 g/mol. The van der Waals surface area contributed by atoms with Gasteiger partial charge in [0.2, 0.25) is 0 Å². The zero-order chi connectivity index (χ0) is 10.2. The Bertz CT molecular complexity index is 353. The summed E-state index contributed by atoms with van der Waals surface area (Å²) in [5.74, 6) is 1.00. The normalized spacial score (nSPS) is 24.5. The minimum absolute atomic E-state index is 0.0963. The number of nitrogens with one attached hydrogen (secondary N) is 1.